The molecule has 11 heteroatoms. The average molecular weight is 457 g/mol. The van der Waals surface area contributed by atoms with Crippen LogP contribution < -0.4 is 0 Å². The fourth-order valence-corrected chi connectivity index (χ4v) is 6.17. The van der Waals surface area contributed by atoms with Gasteiger partial charge < -0.3 is 5.11 Å². The van der Waals surface area contributed by atoms with E-state index in [0.29, 0.717) is 13.1 Å². The van der Waals surface area contributed by atoms with Gasteiger partial charge in [-0.05, 0) is 42.7 Å². The van der Waals surface area contributed by atoms with Crippen LogP contribution in [0, 0.1) is 10.1 Å². The van der Waals surface area contributed by atoms with Crippen LogP contribution in [0.1, 0.15) is 29.7 Å². The average Bonchev–Trinajstić information content (AvgIpc) is 3.18. The van der Waals surface area contributed by atoms with Gasteiger partial charge >= 0.3 is 5.97 Å². The van der Waals surface area contributed by atoms with E-state index in [4.69, 9.17) is 11.6 Å². The Kier molecular flexibility index (Phi) is 6.37. The summed E-state index contributed by atoms with van der Waals surface area (Å²) in [5.41, 5.74) is -0.233. The van der Waals surface area contributed by atoms with Crippen LogP contribution in [0.5, 0.6) is 0 Å². The smallest absolute Gasteiger partial charge is 0.337 e. The third kappa shape index (κ3) is 4.67. The van der Waals surface area contributed by atoms with Gasteiger partial charge in [-0.25, -0.2) is 13.2 Å². The van der Waals surface area contributed by atoms with Crippen molar-refractivity contribution in [3.63, 3.8) is 0 Å². The van der Waals surface area contributed by atoms with Crippen molar-refractivity contribution < 1.29 is 23.2 Å². The summed E-state index contributed by atoms with van der Waals surface area (Å²) in [6.45, 7) is 0.900. The molecule has 1 fully saturated rings. The van der Waals surface area contributed by atoms with E-state index in [2.05, 4.69) is 0 Å². The van der Waals surface area contributed by atoms with Crippen LogP contribution in [0.4, 0.5) is 5.69 Å². The number of sulfonamides is 1. The highest BCUT2D eigenvalue weighted by Crippen LogP contribution is 2.33. The first-order valence-electron chi connectivity index (χ1n) is 8.69. The SMILES string of the molecule is O=C(O)/C(=C\c1ccc(Cl)c([N+](=O)[O-])c1)c1ccc(S(=O)(=O)N2CCCCC2)s1. The molecule has 0 spiro atoms. The van der Waals surface area contributed by atoms with Gasteiger partial charge in [-0.2, -0.15) is 4.31 Å². The predicted octanol–water partition coefficient (Wildman–Crippen LogP) is 4.11. The maximum absolute atomic E-state index is 12.8. The van der Waals surface area contributed by atoms with Gasteiger partial charge in [-0.15, -0.1) is 11.3 Å². The first-order valence-corrected chi connectivity index (χ1v) is 11.3. The third-order valence-electron chi connectivity index (χ3n) is 4.46. The van der Waals surface area contributed by atoms with E-state index in [1.807, 2.05) is 0 Å². The lowest BCUT2D eigenvalue weighted by atomic mass is 10.1. The zero-order valence-corrected chi connectivity index (χ0v) is 17.5. The number of hydrogen-bond acceptors (Lipinski definition) is 6. The highest BCUT2D eigenvalue weighted by atomic mass is 35.5. The van der Waals surface area contributed by atoms with Crippen molar-refractivity contribution in [1.82, 2.24) is 4.31 Å². The third-order valence-corrected chi connectivity index (χ3v) is 8.27. The lowest BCUT2D eigenvalue weighted by Crippen LogP contribution is -2.35. The van der Waals surface area contributed by atoms with Crippen molar-refractivity contribution in [2.45, 2.75) is 23.5 Å². The number of benzene rings is 1. The van der Waals surface area contributed by atoms with Crippen molar-refractivity contribution in [3.05, 3.63) is 55.9 Å². The molecule has 1 aromatic heterocycles. The molecule has 1 N–H and O–H groups in total. The molecule has 29 heavy (non-hydrogen) atoms. The molecule has 1 saturated heterocycles. The minimum absolute atomic E-state index is 0.0601. The molecule has 0 saturated carbocycles. The van der Waals surface area contributed by atoms with E-state index in [-0.39, 0.29) is 30.9 Å². The van der Waals surface area contributed by atoms with Gasteiger partial charge in [-0.3, -0.25) is 10.1 Å². The molecule has 0 atom stereocenters. The second kappa shape index (κ2) is 8.62. The molecule has 8 nitrogen and oxygen atoms in total. The molecule has 3 rings (SSSR count). The van der Waals surface area contributed by atoms with E-state index >= 15 is 0 Å². The molecule has 1 aliphatic rings. The van der Waals surface area contributed by atoms with Gasteiger partial charge in [0.05, 0.1) is 10.5 Å². The zero-order chi connectivity index (χ0) is 21.2. The van der Waals surface area contributed by atoms with Gasteiger partial charge in [0.1, 0.15) is 9.23 Å². The summed E-state index contributed by atoms with van der Waals surface area (Å²) in [5.74, 6) is -1.27. The number of piperidine rings is 1. The first-order chi connectivity index (χ1) is 13.7. The lowest BCUT2D eigenvalue weighted by Gasteiger charge is -2.25. The molecule has 1 aromatic carbocycles. The Bertz CT molecular complexity index is 1090. The quantitative estimate of drug-likeness (QED) is 0.397. The number of halogens is 1. The maximum Gasteiger partial charge on any atom is 0.337 e. The van der Waals surface area contributed by atoms with E-state index in [9.17, 15) is 28.4 Å². The van der Waals surface area contributed by atoms with E-state index in [1.165, 1.54) is 40.7 Å². The van der Waals surface area contributed by atoms with Crippen molar-refractivity contribution in [1.29, 1.82) is 0 Å². The number of carboxylic acids is 1. The molecular weight excluding hydrogens is 440 g/mol. The molecular formula is C18H17ClN2O6S2. The van der Waals surface area contributed by atoms with Gasteiger partial charge in [0.15, 0.2) is 0 Å². The number of nitrogens with zero attached hydrogens (tertiary/aromatic N) is 2. The molecule has 0 bridgehead atoms. The Balaban J connectivity index is 1.97. The monoisotopic (exact) mass is 456 g/mol. The summed E-state index contributed by atoms with van der Waals surface area (Å²) >= 11 is 6.65. The van der Waals surface area contributed by atoms with Crippen LogP contribution in [0.25, 0.3) is 11.6 Å². The fraction of sp³-hybridized carbons (Fsp3) is 0.278. The molecule has 2 heterocycles. The van der Waals surface area contributed by atoms with Crippen molar-refractivity contribution in [3.8, 4) is 0 Å². The summed E-state index contributed by atoms with van der Waals surface area (Å²) in [7, 11) is -3.67. The number of carboxylic acid groups (broad SMARTS) is 1. The number of nitro benzene ring substituents is 1. The van der Waals surface area contributed by atoms with E-state index in [1.54, 1.807) is 0 Å². The van der Waals surface area contributed by atoms with Crippen LogP contribution in [-0.4, -0.2) is 41.8 Å². The van der Waals surface area contributed by atoms with Crippen molar-refractivity contribution in [2.24, 2.45) is 0 Å². The summed E-state index contributed by atoms with van der Waals surface area (Å²) in [6.07, 6.45) is 3.84. The van der Waals surface area contributed by atoms with Crippen molar-refractivity contribution in [2.75, 3.05) is 13.1 Å². The molecule has 154 valence electrons. The molecule has 1 aliphatic heterocycles. The Labute approximate surface area is 176 Å². The van der Waals surface area contributed by atoms with Gasteiger partial charge in [0, 0.05) is 24.0 Å². The summed E-state index contributed by atoms with van der Waals surface area (Å²) in [4.78, 5) is 22.4. The van der Waals surface area contributed by atoms with Crippen LogP contribution in [-0.2, 0) is 14.8 Å². The Morgan fingerprint density at radius 2 is 1.90 bits per heavy atom. The maximum atomic E-state index is 12.8. The van der Waals surface area contributed by atoms with Gasteiger partial charge in [0.25, 0.3) is 15.7 Å². The second-order valence-electron chi connectivity index (χ2n) is 6.41. The number of hydrogen-bond donors (Lipinski definition) is 1. The summed E-state index contributed by atoms with van der Waals surface area (Å²) < 4.78 is 27.1. The molecule has 0 unspecified atom stereocenters. The summed E-state index contributed by atoms with van der Waals surface area (Å²) in [5, 5.41) is 20.6. The molecule has 0 aliphatic carbocycles. The zero-order valence-electron chi connectivity index (χ0n) is 15.1. The second-order valence-corrected chi connectivity index (χ2v) is 10.1. The fourth-order valence-electron chi connectivity index (χ4n) is 3.00. The van der Waals surface area contributed by atoms with Gasteiger partial charge in [0.2, 0.25) is 0 Å². The number of carbonyl (C=O) groups is 1. The highest BCUT2D eigenvalue weighted by molar-refractivity contribution is 7.91. The van der Waals surface area contributed by atoms with Crippen molar-refractivity contribution >= 4 is 56.3 Å². The molecule has 0 amide bonds. The normalized spacial score (nSPS) is 16.0. The predicted molar refractivity (Wildman–Crippen MR) is 111 cm³/mol. The lowest BCUT2D eigenvalue weighted by molar-refractivity contribution is -0.384. The minimum atomic E-state index is -3.67. The molecule has 0 radical (unpaired) electrons. The van der Waals surface area contributed by atoms with Crippen LogP contribution in [0.15, 0.2) is 34.5 Å². The van der Waals surface area contributed by atoms with Crippen LogP contribution in [0.3, 0.4) is 0 Å². The standard InChI is InChI=1S/C18H17ClN2O6S2/c19-14-5-4-12(11-15(14)21(24)25)10-13(18(22)23)16-6-7-17(28-16)29(26,27)20-8-2-1-3-9-20/h4-7,10-11H,1-3,8-9H2,(H,22,23)/b13-10-. The van der Waals surface area contributed by atoms with Crippen LogP contribution in [0.2, 0.25) is 5.02 Å². The Morgan fingerprint density at radius 1 is 1.21 bits per heavy atom. The Hall–Kier alpha value is -2.27. The summed E-state index contributed by atoms with van der Waals surface area (Å²) in [6, 6.07) is 6.77. The first kappa shape index (κ1) is 21.4. The van der Waals surface area contributed by atoms with Gasteiger partial charge in [-0.1, -0.05) is 24.1 Å². The topological polar surface area (TPSA) is 118 Å². The Morgan fingerprint density at radius 3 is 2.52 bits per heavy atom. The largest absolute Gasteiger partial charge is 0.478 e. The molecule has 2 aromatic rings. The van der Waals surface area contributed by atoms with Crippen LogP contribution >= 0.6 is 22.9 Å². The number of nitro groups is 1. The van der Waals surface area contributed by atoms with E-state index in [0.717, 1.165) is 30.6 Å². The minimum Gasteiger partial charge on any atom is -0.478 e. The highest BCUT2D eigenvalue weighted by Gasteiger charge is 2.28. The number of aliphatic carboxylic acids is 1. The number of rotatable bonds is 6. The number of thiophene rings is 1. The van der Waals surface area contributed by atoms with E-state index < -0.39 is 20.9 Å².